The van der Waals surface area contributed by atoms with Gasteiger partial charge >= 0.3 is 0 Å². The van der Waals surface area contributed by atoms with Crippen molar-refractivity contribution in [1.29, 1.82) is 0 Å². The Labute approximate surface area is 177 Å². The van der Waals surface area contributed by atoms with Gasteiger partial charge in [0.05, 0.1) is 19.2 Å². The van der Waals surface area contributed by atoms with Gasteiger partial charge < -0.3 is 4.74 Å². The maximum Gasteiger partial charge on any atom is 0.272 e. The highest BCUT2D eigenvalue weighted by Crippen LogP contribution is 2.25. The fourth-order valence-electron chi connectivity index (χ4n) is 2.98. The lowest BCUT2D eigenvalue weighted by molar-refractivity contribution is 0.414. The van der Waals surface area contributed by atoms with Gasteiger partial charge in [-0.1, -0.05) is 60.8 Å². The van der Waals surface area contributed by atoms with Gasteiger partial charge in [-0.3, -0.25) is 9.36 Å². The molecule has 4 rings (SSSR count). The zero-order valence-corrected chi connectivity index (χ0v) is 17.6. The second-order valence-corrected chi connectivity index (χ2v) is 8.36. The van der Waals surface area contributed by atoms with E-state index in [1.54, 1.807) is 23.4 Å². The van der Waals surface area contributed by atoms with Gasteiger partial charge in [0, 0.05) is 5.75 Å². The molecule has 2 aromatic heterocycles. The van der Waals surface area contributed by atoms with E-state index in [1.807, 2.05) is 53.9 Å². The number of fused-ring (bicyclic) bond motifs is 1. The minimum atomic E-state index is 0.00493. The van der Waals surface area contributed by atoms with Gasteiger partial charge in [0.15, 0.2) is 5.16 Å². The number of benzene rings is 2. The third kappa shape index (κ3) is 4.28. The van der Waals surface area contributed by atoms with Gasteiger partial charge in [0.2, 0.25) is 0 Å². The lowest BCUT2D eigenvalue weighted by atomic mass is 10.1. The summed E-state index contributed by atoms with van der Waals surface area (Å²) in [4.78, 5) is 17.9. The molecule has 2 aromatic carbocycles. The molecule has 0 aliphatic rings. The molecule has 0 N–H and O–H groups in total. The summed E-state index contributed by atoms with van der Waals surface area (Å²) in [6, 6.07) is 17.9. The number of thiophene rings is 1. The van der Waals surface area contributed by atoms with E-state index in [1.165, 1.54) is 16.9 Å². The van der Waals surface area contributed by atoms with Crippen molar-refractivity contribution in [1.82, 2.24) is 9.55 Å². The number of hydrogen-bond donors (Lipinski definition) is 0. The largest absolute Gasteiger partial charge is 0.497 e. The lowest BCUT2D eigenvalue weighted by Gasteiger charge is -2.12. The molecule has 2 heterocycles. The average Bonchev–Trinajstić information content (AvgIpc) is 3.24. The molecular weight excluding hydrogens is 400 g/mol. The standard InChI is InChI=1S/C23H20N2O2S2/c1-3-16-4-6-18(7-5-16)15-29-23-24-20-12-13-28-21(20)22(26)25(23)14-17-8-10-19(27-2)11-9-17/h3-13H,1,14-15H2,2H3. The molecule has 6 heteroatoms. The molecular formula is C23H20N2O2S2. The molecule has 0 aliphatic heterocycles. The van der Waals surface area contributed by atoms with E-state index < -0.39 is 0 Å². The Morgan fingerprint density at radius 3 is 2.52 bits per heavy atom. The van der Waals surface area contributed by atoms with Crippen LogP contribution < -0.4 is 10.3 Å². The van der Waals surface area contributed by atoms with Gasteiger partial charge in [0.25, 0.3) is 5.56 Å². The molecule has 0 atom stereocenters. The van der Waals surface area contributed by atoms with Crippen molar-refractivity contribution >= 4 is 39.4 Å². The van der Waals surface area contributed by atoms with Gasteiger partial charge in [-0.25, -0.2) is 4.98 Å². The maximum atomic E-state index is 13.1. The van der Waals surface area contributed by atoms with E-state index in [9.17, 15) is 4.79 Å². The van der Waals surface area contributed by atoms with Crippen LogP contribution >= 0.6 is 23.1 Å². The van der Waals surface area contributed by atoms with Crippen molar-refractivity contribution in [2.24, 2.45) is 0 Å². The molecule has 0 spiro atoms. The van der Waals surface area contributed by atoms with Gasteiger partial charge in [-0.05, 0) is 40.3 Å². The third-order valence-corrected chi connectivity index (χ3v) is 6.55. The molecule has 0 radical (unpaired) electrons. The molecule has 4 nitrogen and oxygen atoms in total. The zero-order valence-electron chi connectivity index (χ0n) is 16.0. The fraction of sp³-hybridized carbons (Fsp3) is 0.130. The van der Waals surface area contributed by atoms with E-state index in [-0.39, 0.29) is 5.56 Å². The van der Waals surface area contributed by atoms with E-state index in [0.29, 0.717) is 11.2 Å². The summed E-state index contributed by atoms with van der Waals surface area (Å²) in [5.74, 6) is 1.53. The average molecular weight is 421 g/mol. The topological polar surface area (TPSA) is 44.1 Å². The van der Waals surface area contributed by atoms with Crippen LogP contribution in [0.1, 0.15) is 16.7 Å². The van der Waals surface area contributed by atoms with Crippen molar-refractivity contribution in [3.63, 3.8) is 0 Å². The number of thioether (sulfide) groups is 1. The van der Waals surface area contributed by atoms with Crippen LogP contribution in [0.25, 0.3) is 16.3 Å². The predicted molar refractivity (Wildman–Crippen MR) is 122 cm³/mol. The van der Waals surface area contributed by atoms with Crippen molar-refractivity contribution in [2.75, 3.05) is 7.11 Å². The first kappa shape index (κ1) is 19.5. The second kappa shape index (κ2) is 8.68. The fourth-order valence-corrected chi connectivity index (χ4v) is 4.72. The van der Waals surface area contributed by atoms with E-state index in [2.05, 4.69) is 18.7 Å². The Morgan fingerprint density at radius 1 is 1.10 bits per heavy atom. The summed E-state index contributed by atoms with van der Waals surface area (Å²) in [5.41, 5.74) is 4.06. The minimum absolute atomic E-state index is 0.00493. The van der Waals surface area contributed by atoms with Crippen LogP contribution in [0.15, 0.2) is 76.5 Å². The number of nitrogens with zero attached hydrogens (tertiary/aromatic N) is 2. The maximum absolute atomic E-state index is 13.1. The normalized spacial score (nSPS) is 10.9. The van der Waals surface area contributed by atoms with E-state index in [0.717, 1.165) is 33.3 Å². The smallest absolute Gasteiger partial charge is 0.272 e. The number of ether oxygens (including phenoxy) is 1. The molecule has 0 unspecified atom stereocenters. The summed E-state index contributed by atoms with van der Waals surface area (Å²) in [6.45, 7) is 4.26. The first-order chi connectivity index (χ1) is 14.2. The molecule has 0 saturated carbocycles. The van der Waals surface area contributed by atoms with Crippen molar-refractivity contribution in [3.05, 3.63) is 93.6 Å². The van der Waals surface area contributed by atoms with Crippen LogP contribution in [0, 0.1) is 0 Å². The molecule has 146 valence electrons. The van der Waals surface area contributed by atoms with Crippen LogP contribution in [0.4, 0.5) is 0 Å². The van der Waals surface area contributed by atoms with Gasteiger partial charge in [-0.2, -0.15) is 0 Å². The highest BCUT2D eigenvalue weighted by atomic mass is 32.2. The molecule has 0 amide bonds. The molecule has 0 saturated heterocycles. The highest BCUT2D eigenvalue weighted by molar-refractivity contribution is 7.98. The summed E-state index contributed by atoms with van der Waals surface area (Å²) >= 11 is 3.02. The quantitative estimate of drug-likeness (QED) is 0.295. The molecule has 29 heavy (non-hydrogen) atoms. The Balaban J connectivity index is 1.66. The Bertz CT molecular complexity index is 1190. The number of methoxy groups -OCH3 is 1. The molecule has 0 fully saturated rings. The third-order valence-electron chi connectivity index (χ3n) is 4.61. The number of aromatic nitrogens is 2. The van der Waals surface area contributed by atoms with Crippen LogP contribution in [0.2, 0.25) is 0 Å². The van der Waals surface area contributed by atoms with Crippen LogP contribution in [-0.2, 0) is 12.3 Å². The molecule has 0 bridgehead atoms. The summed E-state index contributed by atoms with van der Waals surface area (Å²) in [5, 5.41) is 2.64. The Kier molecular flexibility index (Phi) is 5.83. The number of rotatable bonds is 7. The van der Waals surface area contributed by atoms with Crippen molar-refractivity contribution in [2.45, 2.75) is 17.5 Å². The van der Waals surface area contributed by atoms with Crippen LogP contribution in [-0.4, -0.2) is 16.7 Å². The Hall–Kier alpha value is -2.83. The second-order valence-electron chi connectivity index (χ2n) is 6.50. The van der Waals surface area contributed by atoms with Gasteiger partial charge in [-0.15, -0.1) is 11.3 Å². The number of hydrogen-bond acceptors (Lipinski definition) is 5. The molecule has 4 aromatic rings. The summed E-state index contributed by atoms with van der Waals surface area (Å²) in [6.07, 6.45) is 1.83. The lowest BCUT2D eigenvalue weighted by Crippen LogP contribution is -2.23. The van der Waals surface area contributed by atoms with E-state index in [4.69, 9.17) is 9.72 Å². The summed E-state index contributed by atoms with van der Waals surface area (Å²) in [7, 11) is 1.64. The predicted octanol–water partition coefficient (Wildman–Crippen LogP) is 5.45. The first-order valence-corrected chi connectivity index (χ1v) is 11.0. The summed E-state index contributed by atoms with van der Waals surface area (Å²) < 4.78 is 7.69. The van der Waals surface area contributed by atoms with E-state index >= 15 is 0 Å². The first-order valence-electron chi connectivity index (χ1n) is 9.13. The van der Waals surface area contributed by atoms with Crippen LogP contribution in [0.3, 0.4) is 0 Å². The Morgan fingerprint density at radius 2 is 1.83 bits per heavy atom. The highest BCUT2D eigenvalue weighted by Gasteiger charge is 2.13. The van der Waals surface area contributed by atoms with Crippen molar-refractivity contribution < 1.29 is 4.74 Å². The minimum Gasteiger partial charge on any atom is -0.497 e. The zero-order chi connectivity index (χ0) is 20.2. The van der Waals surface area contributed by atoms with Crippen LogP contribution in [0.5, 0.6) is 5.75 Å². The molecule has 0 aliphatic carbocycles. The van der Waals surface area contributed by atoms with Gasteiger partial charge in [0.1, 0.15) is 10.4 Å². The SMILES string of the molecule is C=Cc1ccc(CSc2nc3ccsc3c(=O)n2Cc2ccc(OC)cc2)cc1. The monoisotopic (exact) mass is 420 g/mol. The van der Waals surface area contributed by atoms with Crippen molar-refractivity contribution in [3.8, 4) is 5.75 Å².